The third kappa shape index (κ3) is 4.38. The molecular weight excluding hydrogens is 381 g/mol. The molecule has 152 valence electrons. The van der Waals surface area contributed by atoms with Crippen LogP contribution in [-0.2, 0) is 11.2 Å². The van der Waals surface area contributed by atoms with Crippen LogP contribution in [0.1, 0.15) is 15.9 Å². The minimum absolute atomic E-state index is 0.0749. The summed E-state index contributed by atoms with van der Waals surface area (Å²) in [7, 11) is 0. The van der Waals surface area contributed by atoms with E-state index in [2.05, 4.69) is 10.3 Å². The Balaban J connectivity index is 1.58. The van der Waals surface area contributed by atoms with Gasteiger partial charge in [0.25, 0.3) is 5.91 Å². The van der Waals surface area contributed by atoms with Crippen LogP contribution in [0.5, 0.6) is 0 Å². The first kappa shape index (κ1) is 19.8. The largest absolute Gasteiger partial charge is 0.354 e. The molecule has 3 aromatic rings. The molecule has 0 saturated carbocycles. The second-order valence-electron chi connectivity index (χ2n) is 7.35. The maximum Gasteiger partial charge on any atom is 0.254 e. The smallest absolute Gasteiger partial charge is 0.254 e. The number of amides is 2. The zero-order chi connectivity index (χ0) is 20.9. The summed E-state index contributed by atoms with van der Waals surface area (Å²) < 4.78 is 13.6. The van der Waals surface area contributed by atoms with Gasteiger partial charge in [-0.15, -0.1) is 0 Å². The molecule has 1 aromatic heterocycles. The molecule has 5 nitrogen and oxygen atoms in total. The van der Waals surface area contributed by atoms with E-state index in [1.165, 1.54) is 18.2 Å². The van der Waals surface area contributed by atoms with Crippen molar-refractivity contribution in [3.05, 3.63) is 90.0 Å². The van der Waals surface area contributed by atoms with Crippen LogP contribution in [0.2, 0.25) is 0 Å². The zero-order valence-electron chi connectivity index (χ0n) is 16.4. The van der Waals surface area contributed by atoms with Crippen LogP contribution in [-0.4, -0.2) is 41.3 Å². The van der Waals surface area contributed by atoms with Crippen LogP contribution in [0.25, 0.3) is 11.1 Å². The first-order valence-corrected chi connectivity index (χ1v) is 9.92. The van der Waals surface area contributed by atoms with E-state index in [1.54, 1.807) is 23.4 Å². The third-order valence-electron chi connectivity index (χ3n) is 5.33. The maximum atomic E-state index is 13.6. The molecule has 1 unspecified atom stereocenters. The maximum absolute atomic E-state index is 13.6. The van der Waals surface area contributed by atoms with Crippen LogP contribution < -0.4 is 5.32 Å². The molecule has 30 heavy (non-hydrogen) atoms. The Bertz CT molecular complexity index is 1060. The molecule has 0 spiro atoms. The lowest BCUT2D eigenvalue weighted by atomic mass is 9.91. The summed E-state index contributed by atoms with van der Waals surface area (Å²) in [5, 5.41) is 2.90. The van der Waals surface area contributed by atoms with Crippen LogP contribution >= 0.6 is 0 Å². The van der Waals surface area contributed by atoms with E-state index in [4.69, 9.17) is 0 Å². The molecule has 1 fully saturated rings. The average molecular weight is 403 g/mol. The predicted molar refractivity (Wildman–Crippen MR) is 112 cm³/mol. The summed E-state index contributed by atoms with van der Waals surface area (Å²) in [5.41, 5.74) is 3.39. The quantitative estimate of drug-likeness (QED) is 0.727. The first-order valence-electron chi connectivity index (χ1n) is 9.92. The average Bonchev–Trinajstić information content (AvgIpc) is 2.96. The summed E-state index contributed by atoms with van der Waals surface area (Å²) >= 11 is 0. The van der Waals surface area contributed by atoms with Crippen LogP contribution in [0.15, 0.2) is 73.1 Å². The molecule has 1 atom stereocenters. The van der Waals surface area contributed by atoms with E-state index >= 15 is 0 Å². The monoisotopic (exact) mass is 403 g/mol. The van der Waals surface area contributed by atoms with Gasteiger partial charge in [-0.05, 0) is 53.4 Å². The summed E-state index contributed by atoms with van der Waals surface area (Å²) in [4.78, 5) is 31.3. The van der Waals surface area contributed by atoms with Crippen molar-refractivity contribution in [3.8, 4) is 11.1 Å². The highest BCUT2D eigenvalue weighted by Gasteiger charge is 2.29. The van der Waals surface area contributed by atoms with E-state index < -0.39 is 11.7 Å². The van der Waals surface area contributed by atoms with Crippen molar-refractivity contribution >= 4 is 11.8 Å². The van der Waals surface area contributed by atoms with Crippen molar-refractivity contribution in [3.63, 3.8) is 0 Å². The van der Waals surface area contributed by atoms with Crippen molar-refractivity contribution in [1.82, 2.24) is 15.2 Å². The fourth-order valence-electron chi connectivity index (χ4n) is 3.82. The molecule has 6 heteroatoms. The SMILES string of the molecule is O=C1NCCN(C(=O)c2cccc(F)c2)CC1Cc1ccccc1-c1ccncc1. The molecule has 2 amide bonds. The van der Waals surface area contributed by atoms with E-state index in [9.17, 15) is 14.0 Å². The van der Waals surface area contributed by atoms with Gasteiger partial charge in [0.15, 0.2) is 0 Å². The van der Waals surface area contributed by atoms with Crippen molar-refractivity contribution in [2.24, 2.45) is 5.92 Å². The lowest BCUT2D eigenvalue weighted by molar-refractivity contribution is -0.124. The standard InChI is InChI=1S/C24H22FN3O2/c25-21-6-3-5-19(15-21)24(30)28-13-12-27-23(29)20(16-28)14-18-4-1-2-7-22(18)17-8-10-26-11-9-17/h1-11,15,20H,12-14,16H2,(H,27,29). The molecular formula is C24H22FN3O2. The number of benzene rings is 2. The fourth-order valence-corrected chi connectivity index (χ4v) is 3.82. The number of carbonyl (C=O) groups excluding carboxylic acids is 2. The number of pyridine rings is 1. The normalized spacial score (nSPS) is 16.6. The van der Waals surface area contributed by atoms with Gasteiger partial charge in [0, 0.05) is 37.6 Å². The topological polar surface area (TPSA) is 62.3 Å². The molecule has 1 aliphatic rings. The molecule has 2 aromatic carbocycles. The summed E-state index contributed by atoms with van der Waals surface area (Å²) in [6.07, 6.45) is 3.98. The number of halogens is 1. The van der Waals surface area contributed by atoms with Gasteiger partial charge in [0.1, 0.15) is 5.82 Å². The van der Waals surface area contributed by atoms with E-state index in [-0.39, 0.29) is 18.4 Å². The third-order valence-corrected chi connectivity index (χ3v) is 5.33. The Hall–Kier alpha value is -3.54. The minimum Gasteiger partial charge on any atom is -0.354 e. The lowest BCUT2D eigenvalue weighted by Crippen LogP contribution is -2.37. The minimum atomic E-state index is -0.451. The first-order chi connectivity index (χ1) is 14.6. The summed E-state index contributed by atoms with van der Waals surface area (Å²) in [6.45, 7) is 1.05. The van der Waals surface area contributed by atoms with E-state index in [0.717, 1.165) is 16.7 Å². The van der Waals surface area contributed by atoms with Crippen LogP contribution in [0.3, 0.4) is 0 Å². The molecule has 1 aliphatic heterocycles. The van der Waals surface area contributed by atoms with Gasteiger partial charge >= 0.3 is 0 Å². The van der Waals surface area contributed by atoms with Gasteiger partial charge < -0.3 is 10.2 Å². The number of hydrogen-bond donors (Lipinski definition) is 1. The number of nitrogens with one attached hydrogen (secondary N) is 1. The fraction of sp³-hybridized carbons (Fsp3) is 0.208. The van der Waals surface area contributed by atoms with E-state index in [0.29, 0.717) is 25.1 Å². The summed E-state index contributed by atoms with van der Waals surface area (Å²) in [5.74, 6) is -1.19. The molecule has 1 saturated heterocycles. The second kappa shape index (κ2) is 8.86. The van der Waals surface area contributed by atoms with Gasteiger partial charge in [-0.25, -0.2) is 4.39 Å². The Labute approximate surface area is 174 Å². The molecule has 0 bridgehead atoms. The molecule has 4 rings (SSSR count). The van der Waals surface area contributed by atoms with Crippen molar-refractivity contribution in [2.75, 3.05) is 19.6 Å². The van der Waals surface area contributed by atoms with Crippen LogP contribution in [0, 0.1) is 11.7 Å². The van der Waals surface area contributed by atoms with Gasteiger partial charge in [0.2, 0.25) is 5.91 Å². The number of carbonyl (C=O) groups is 2. The molecule has 1 N–H and O–H groups in total. The highest BCUT2D eigenvalue weighted by Crippen LogP contribution is 2.26. The Morgan fingerprint density at radius 1 is 1.10 bits per heavy atom. The lowest BCUT2D eigenvalue weighted by Gasteiger charge is -2.24. The van der Waals surface area contributed by atoms with Crippen LogP contribution in [0.4, 0.5) is 4.39 Å². The van der Waals surface area contributed by atoms with Crippen molar-refractivity contribution in [2.45, 2.75) is 6.42 Å². The predicted octanol–water partition coefficient (Wildman–Crippen LogP) is 3.32. The zero-order valence-corrected chi connectivity index (χ0v) is 16.4. The Kier molecular flexibility index (Phi) is 5.84. The van der Waals surface area contributed by atoms with E-state index in [1.807, 2.05) is 36.4 Å². The number of nitrogens with zero attached hydrogens (tertiary/aromatic N) is 2. The number of aromatic nitrogens is 1. The number of hydrogen-bond acceptors (Lipinski definition) is 3. The summed E-state index contributed by atoms with van der Waals surface area (Å²) in [6, 6.07) is 17.5. The van der Waals surface area contributed by atoms with Gasteiger partial charge in [-0.2, -0.15) is 0 Å². The highest BCUT2D eigenvalue weighted by atomic mass is 19.1. The van der Waals surface area contributed by atoms with Crippen molar-refractivity contribution < 1.29 is 14.0 Å². The second-order valence-corrected chi connectivity index (χ2v) is 7.35. The van der Waals surface area contributed by atoms with Gasteiger partial charge in [-0.1, -0.05) is 30.3 Å². The van der Waals surface area contributed by atoms with Gasteiger partial charge in [-0.3, -0.25) is 14.6 Å². The highest BCUT2D eigenvalue weighted by molar-refractivity contribution is 5.95. The van der Waals surface area contributed by atoms with Gasteiger partial charge in [0.05, 0.1) is 5.92 Å². The molecule has 0 radical (unpaired) electrons. The molecule has 2 heterocycles. The van der Waals surface area contributed by atoms with Crippen molar-refractivity contribution in [1.29, 1.82) is 0 Å². The molecule has 0 aliphatic carbocycles. The Morgan fingerprint density at radius 2 is 1.90 bits per heavy atom. The number of rotatable bonds is 4. The Morgan fingerprint density at radius 3 is 2.70 bits per heavy atom.